The van der Waals surface area contributed by atoms with Crippen LogP contribution in [0.25, 0.3) is 0 Å². The SMILES string of the molecule is CC(C)c1nc2n(n1)CCCC2Nc1cncc(SCc2ccccc2)n1. The van der Waals surface area contributed by atoms with Crippen molar-refractivity contribution in [3.05, 3.63) is 59.9 Å². The molecule has 4 rings (SSSR count). The molecule has 1 aromatic carbocycles. The Bertz CT molecular complexity index is 892. The van der Waals surface area contributed by atoms with Gasteiger partial charge in [-0.1, -0.05) is 44.2 Å². The second-order valence-corrected chi connectivity index (χ2v) is 8.06. The zero-order chi connectivity index (χ0) is 18.6. The third-order valence-corrected chi connectivity index (χ3v) is 5.54. The van der Waals surface area contributed by atoms with E-state index in [2.05, 4.69) is 53.5 Å². The van der Waals surface area contributed by atoms with Crippen molar-refractivity contribution in [2.45, 2.75) is 56.0 Å². The summed E-state index contributed by atoms with van der Waals surface area (Å²) in [5.74, 6) is 3.93. The van der Waals surface area contributed by atoms with Crippen LogP contribution in [0.4, 0.5) is 5.82 Å². The lowest BCUT2D eigenvalue weighted by atomic mass is 10.1. The largest absolute Gasteiger partial charge is 0.359 e. The predicted octanol–water partition coefficient (Wildman–Crippen LogP) is 4.43. The van der Waals surface area contributed by atoms with Gasteiger partial charge in [-0.15, -0.1) is 11.8 Å². The number of anilines is 1. The molecule has 1 aliphatic heterocycles. The van der Waals surface area contributed by atoms with Gasteiger partial charge in [-0.2, -0.15) is 5.10 Å². The molecule has 0 spiro atoms. The monoisotopic (exact) mass is 380 g/mol. The number of benzene rings is 1. The van der Waals surface area contributed by atoms with Gasteiger partial charge in [0, 0.05) is 18.2 Å². The Morgan fingerprint density at radius 2 is 2.04 bits per heavy atom. The maximum Gasteiger partial charge on any atom is 0.153 e. The van der Waals surface area contributed by atoms with Gasteiger partial charge in [-0.25, -0.2) is 14.6 Å². The molecule has 1 atom stereocenters. The third-order valence-electron chi connectivity index (χ3n) is 4.57. The molecular weight excluding hydrogens is 356 g/mol. The number of nitrogens with one attached hydrogen (secondary N) is 1. The van der Waals surface area contributed by atoms with E-state index < -0.39 is 0 Å². The summed E-state index contributed by atoms with van der Waals surface area (Å²) < 4.78 is 2.04. The zero-order valence-corrected chi connectivity index (χ0v) is 16.5. The van der Waals surface area contributed by atoms with Crippen molar-refractivity contribution in [1.29, 1.82) is 0 Å². The van der Waals surface area contributed by atoms with Crippen LogP contribution >= 0.6 is 11.8 Å². The maximum absolute atomic E-state index is 4.76. The van der Waals surface area contributed by atoms with E-state index in [1.165, 1.54) is 5.56 Å². The van der Waals surface area contributed by atoms with Gasteiger partial charge in [0.25, 0.3) is 0 Å². The summed E-state index contributed by atoms with van der Waals surface area (Å²) >= 11 is 1.70. The predicted molar refractivity (Wildman–Crippen MR) is 108 cm³/mol. The molecule has 6 nitrogen and oxygen atoms in total. The minimum absolute atomic E-state index is 0.127. The van der Waals surface area contributed by atoms with E-state index in [0.717, 1.165) is 47.6 Å². The Balaban J connectivity index is 1.46. The molecule has 7 heteroatoms. The van der Waals surface area contributed by atoms with Gasteiger partial charge < -0.3 is 5.32 Å². The smallest absolute Gasteiger partial charge is 0.153 e. The molecular formula is C20H24N6S. The summed E-state index contributed by atoms with van der Waals surface area (Å²) in [5.41, 5.74) is 1.28. The normalized spacial score (nSPS) is 16.3. The molecule has 0 amide bonds. The van der Waals surface area contributed by atoms with Crippen molar-refractivity contribution in [3.63, 3.8) is 0 Å². The van der Waals surface area contributed by atoms with Crippen molar-refractivity contribution in [2.75, 3.05) is 5.32 Å². The van der Waals surface area contributed by atoms with E-state index >= 15 is 0 Å². The summed E-state index contributed by atoms with van der Waals surface area (Å²) in [6.45, 7) is 5.19. The van der Waals surface area contributed by atoms with Crippen LogP contribution in [-0.4, -0.2) is 24.7 Å². The number of nitrogens with zero attached hydrogens (tertiary/aromatic N) is 5. The molecule has 3 aromatic rings. The Morgan fingerprint density at radius 3 is 2.85 bits per heavy atom. The number of fused-ring (bicyclic) bond motifs is 1. The zero-order valence-electron chi connectivity index (χ0n) is 15.7. The van der Waals surface area contributed by atoms with Gasteiger partial charge in [-0.3, -0.25) is 4.98 Å². The van der Waals surface area contributed by atoms with E-state index in [0.29, 0.717) is 5.92 Å². The highest BCUT2D eigenvalue weighted by Gasteiger charge is 2.25. The molecule has 0 bridgehead atoms. The van der Waals surface area contributed by atoms with E-state index in [1.807, 2.05) is 16.9 Å². The Morgan fingerprint density at radius 1 is 1.19 bits per heavy atom. The van der Waals surface area contributed by atoms with Crippen LogP contribution in [0.5, 0.6) is 0 Å². The third kappa shape index (κ3) is 4.30. The molecule has 3 heterocycles. The summed E-state index contributed by atoms with van der Waals surface area (Å²) in [6, 6.07) is 10.5. The summed E-state index contributed by atoms with van der Waals surface area (Å²) in [4.78, 5) is 13.9. The highest BCUT2D eigenvalue weighted by molar-refractivity contribution is 7.98. The van der Waals surface area contributed by atoms with Crippen LogP contribution in [0.3, 0.4) is 0 Å². The number of hydrogen-bond donors (Lipinski definition) is 1. The number of rotatable bonds is 6. The first-order valence-corrected chi connectivity index (χ1v) is 10.4. The minimum atomic E-state index is 0.127. The van der Waals surface area contributed by atoms with Crippen molar-refractivity contribution in [1.82, 2.24) is 24.7 Å². The second kappa shape index (κ2) is 8.08. The van der Waals surface area contributed by atoms with E-state index in [-0.39, 0.29) is 6.04 Å². The molecule has 0 saturated carbocycles. The van der Waals surface area contributed by atoms with Crippen molar-refractivity contribution in [3.8, 4) is 0 Å². The van der Waals surface area contributed by atoms with E-state index in [1.54, 1.807) is 18.0 Å². The van der Waals surface area contributed by atoms with Gasteiger partial charge in [0.15, 0.2) is 5.82 Å². The van der Waals surface area contributed by atoms with Crippen molar-refractivity contribution < 1.29 is 0 Å². The van der Waals surface area contributed by atoms with Crippen LogP contribution in [0.2, 0.25) is 0 Å². The fourth-order valence-corrected chi connectivity index (χ4v) is 3.95. The highest BCUT2D eigenvalue weighted by atomic mass is 32.2. The Kier molecular flexibility index (Phi) is 5.38. The van der Waals surface area contributed by atoms with E-state index in [9.17, 15) is 0 Å². The quantitative estimate of drug-likeness (QED) is 0.638. The minimum Gasteiger partial charge on any atom is -0.359 e. The van der Waals surface area contributed by atoms with Crippen LogP contribution in [0, 0.1) is 0 Å². The molecule has 0 saturated heterocycles. The average molecular weight is 381 g/mol. The van der Waals surface area contributed by atoms with Crippen LogP contribution in [0.15, 0.2) is 47.8 Å². The van der Waals surface area contributed by atoms with Gasteiger partial charge in [0.05, 0.1) is 18.4 Å². The standard InChI is InChI=1S/C20H24N6S/c1-14(2)19-24-20-16(9-6-10-26(20)25-19)22-17-11-21-12-18(23-17)27-13-15-7-4-3-5-8-15/h3-5,7-8,11-12,14,16H,6,9-10,13H2,1-2H3,(H,22,23). The van der Waals surface area contributed by atoms with Gasteiger partial charge in [0.1, 0.15) is 16.7 Å². The lowest BCUT2D eigenvalue weighted by molar-refractivity contribution is 0.436. The van der Waals surface area contributed by atoms with Gasteiger partial charge >= 0.3 is 0 Å². The molecule has 1 aliphatic rings. The summed E-state index contributed by atoms with van der Waals surface area (Å²) in [6.07, 6.45) is 5.71. The van der Waals surface area contributed by atoms with Gasteiger partial charge in [-0.05, 0) is 18.4 Å². The second-order valence-electron chi connectivity index (χ2n) is 7.06. The first-order chi connectivity index (χ1) is 13.2. The molecule has 2 aromatic heterocycles. The molecule has 27 heavy (non-hydrogen) atoms. The van der Waals surface area contributed by atoms with Crippen LogP contribution in [-0.2, 0) is 12.3 Å². The molecule has 140 valence electrons. The van der Waals surface area contributed by atoms with Gasteiger partial charge in [0.2, 0.25) is 0 Å². The Hall–Kier alpha value is -2.41. The van der Waals surface area contributed by atoms with E-state index in [4.69, 9.17) is 9.97 Å². The first-order valence-electron chi connectivity index (χ1n) is 9.39. The fraction of sp³-hybridized carbons (Fsp3) is 0.400. The number of aromatic nitrogens is 5. The van der Waals surface area contributed by atoms with Crippen LogP contribution < -0.4 is 5.32 Å². The van der Waals surface area contributed by atoms with Crippen molar-refractivity contribution in [2.24, 2.45) is 0 Å². The maximum atomic E-state index is 4.76. The lowest BCUT2D eigenvalue weighted by Crippen LogP contribution is -2.23. The first kappa shape index (κ1) is 18.0. The Labute approximate surface area is 163 Å². The molecule has 0 fully saturated rings. The summed E-state index contributed by atoms with van der Waals surface area (Å²) in [7, 11) is 0. The number of aryl methyl sites for hydroxylation is 1. The molecule has 0 radical (unpaired) electrons. The summed E-state index contributed by atoms with van der Waals surface area (Å²) in [5, 5.41) is 9.09. The molecule has 0 aliphatic carbocycles. The van der Waals surface area contributed by atoms with Crippen LogP contribution in [0.1, 0.15) is 55.9 Å². The molecule has 1 unspecified atom stereocenters. The topological polar surface area (TPSA) is 68.5 Å². The lowest BCUT2D eigenvalue weighted by Gasteiger charge is -2.23. The molecule has 1 N–H and O–H groups in total. The highest BCUT2D eigenvalue weighted by Crippen LogP contribution is 2.28. The average Bonchev–Trinajstić information content (AvgIpc) is 3.13. The number of hydrogen-bond acceptors (Lipinski definition) is 6. The van der Waals surface area contributed by atoms with Crippen molar-refractivity contribution >= 4 is 17.6 Å². The fourth-order valence-electron chi connectivity index (χ4n) is 3.15. The number of thioether (sulfide) groups is 1.